The van der Waals surface area contributed by atoms with Gasteiger partial charge in [-0.1, -0.05) is 72.8 Å². The predicted molar refractivity (Wildman–Crippen MR) is 99.8 cm³/mol. The molecule has 0 saturated carbocycles. The second-order valence-corrected chi connectivity index (χ2v) is 5.04. The van der Waals surface area contributed by atoms with Crippen LogP contribution in [0.3, 0.4) is 0 Å². The van der Waals surface area contributed by atoms with Crippen LogP contribution < -0.4 is 0 Å². The molecule has 0 saturated heterocycles. The summed E-state index contributed by atoms with van der Waals surface area (Å²) >= 11 is 0. The number of amidine groups is 2. The summed E-state index contributed by atoms with van der Waals surface area (Å²) in [6.45, 7) is 7.66. The fraction of sp³-hybridized carbons (Fsp3) is 0.150. The molecule has 3 nitrogen and oxygen atoms in total. The smallest absolute Gasteiger partial charge is 0.161 e. The Balaban J connectivity index is 2.49. The Kier molecular flexibility index (Phi) is 6.18. The lowest BCUT2D eigenvalue weighted by atomic mass is 10.2. The first kappa shape index (κ1) is 16.6. The fourth-order valence-electron chi connectivity index (χ4n) is 2.15. The van der Waals surface area contributed by atoms with E-state index in [-0.39, 0.29) is 6.04 Å². The standard InChI is InChI=1S/C20H21N3/c1-4-11-16(2)22-20(18-14-9-6-10-15-18)23-19(21-3)17-12-7-5-8-13-17/h4-16H,3H2,1-2H3/b11-4?,22-20-,23-19-. The maximum Gasteiger partial charge on any atom is 0.161 e. The zero-order valence-corrected chi connectivity index (χ0v) is 13.6. The molecular formula is C20H21N3. The van der Waals surface area contributed by atoms with Crippen molar-refractivity contribution >= 4 is 18.4 Å². The van der Waals surface area contributed by atoms with E-state index in [0.717, 1.165) is 11.1 Å². The number of nitrogens with zero attached hydrogens (tertiary/aromatic N) is 3. The lowest BCUT2D eigenvalue weighted by molar-refractivity contribution is 0.921. The fourth-order valence-corrected chi connectivity index (χ4v) is 2.15. The van der Waals surface area contributed by atoms with Gasteiger partial charge < -0.3 is 0 Å². The van der Waals surface area contributed by atoms with Gasteiger partial charge in [0, 0.05) is 11.1 Å². The van der Waals surface area contributed by atoms with Gasteiger partial charge in [-0.25, -0.2) is 9.98 Å². The number of hydrogen-bond donors (Lipinski definition) is 0. The Labute approximate surface area is 137 Å². The summed E-state index contributed by atoms with van der Waals surface area (Å²) in [5, 5.41) is 0. The van der Waals surface area contributed by atoms with Crippen molar-refractivity contribution in [1.29, 1.82) is 0 Å². The first-order valence-corrected chi connectivity index (χ1v) is 7.61. The van der Waals surface area contributed by atoms with E-state index < -0.39 is 0 Å². The van der Waals surface area contributed by atoms with Crippen LogP contribution >= 0.6 is 0 Å². The maximum absolute atomic E-state index is 4.70. The third kappa shape index (κ3) is 4.85. The van der Waals surface area contributed by atoms with E-state index in [4.69, 9.17) is 4.99 Å². The Morgan fingerprint density at radius 2 is 1.43 bits per heavy atom. The lowest BCUT2D eigenvalue weighted by Gasteiger charge is -2.07. The molecule has 0 aliphatic rings. The molecule has 0 aliphatic heterocycles. The Hall–Kier alpha value is -2.81. The van der Waals surface area contributed by atoms with Crippen molar-refractivity contribution in [3.63, 3.8) is 0 Å². The molecule has 0 heterocycles. The molecule has 0 bridgehead atoms. The molecule has 0 spiro atoms. The molecule has 0 fully saturated rings. The summed E-state index contributed by atoms with van der Waals surface area (Å²) in [5.74, 6) is 1.23. The summed E-state index contributed by atoms with van der Waals surface area (Å²) in [6.07, 6.45) is 4.02. The van der Waals surface area contributed by atoms with E-state index in [1.54, 1.807) is 0 Å². The molecular weight excluding hydrogens is 282 g/mol. The van der Waals surface area contributed by atoms with Crippen molar-refractivity contribution in [2.45, 2.75) is 19.9 Å². The zero-order valence-electron chi connectivity index (χ0n) is 13.6. The van der Waals surface area contributed by atoms with Crippen LogP contribution in [0.5, 0.6) is 0 Å². The molecule has 0 amide bonds. The SMILES string of the molecule is C=N/C(=N\C(=N/C(C)C=CC)c1ccccc1)c1ccccc1. The second kappa shape index (κ2) is 8.59. The zero-order chi connectivity index (χ0) is 16.5. The molecule has 2 aromatic carbocycles. The van der Waals surface area contributed by atoms with E-state index in [2.05, 4.69) is 16.7 Å². The van der Waals surface area contributed by atoms with Crippen LogP contribution in [-0.2, 0) is 0 Å². The molecule has 1 unspecified atom stereocenters. The van der Waals surface area contributed by atoms with E-state index in [1.165, 1.54) is 0 Å². The van der Waals surface area contributed by atoms with Crippen LogP contribution in [0.25, 0.3) is 0 Å². The number of benzene rings is 2. The van der Waals surface area contributed by atoms with E-state index in [9.17, 15) is 0 Å². The maximum atomic E-state index is 4.70. The summed E-state index contributed by atoms with van der Waals surface area (Å²) in [7, 11) is 0. The molecule has 0 aliphatic carbocycles. The highest BCUT2D eigenvalue weighted by molar-refractivity contribution is 6.12. The molecule has 2 aromatic rings. The molecule has 0 radical (unpaired) electrons. The van der Waals surface area contributed by atoms with Gasteiger partial charge in [0.05, 0.1) is 6.04 Å². The van der Waals surface area contributed by atoms with Crippen molar-refractivity contribution in [1.82, 2.24) is 0 Å². The number of allylic oxidation sites excluding steroid dienone is 1. The number of aliphatic imine (C=N–C) groups is 3. The van der Waals surface area contributed by atoms with Crippen molar-refractivity contribution in [2.75, 3.05) is 0 Å². The van der Waals surface area contributed by atoms with Crippen LogP contribution in [0.2, 0.25) is 0 Å². The van der Waals surface area contributed by atoms with Crippen LogP contribution in [-0.4, -0.2) is 24.4 Å². The minimum atomic E-state index is 0.0424. The molecule has 0 aromatic heterocycles. The van der Waals surface area contributed by atoms with Crippen molar-refractivity contribution in [2.24, 2.45) is 15.0 Å². The van der Waals surface area contributed by atoms with Crippen molar-refractivity contribution < 1.29 is 0 Å². The average molecular weight is 303 g/mol. The third-order valence-electron chi connectivity index (χ3n) is 3.22. The van der Waals surface area contributed by atoms with Gasteiger partial charge in [0.15, 0.2) is 11.7 Å². The van der Waals surface area contributed by atoms with Crippen molar-refractivity contribution in [3.05, 3.63) is 83.9 Å². The highest BCUT2D eigenvalue weighted by Gasteiger charge is 2.07. The van der Waals surface area contributed by atoms with E-state index in [0.29, 0.717) is 11.7 Å². The molecule has 2 rings (SSSR count). The van der Waals surface area contributed by atoms with Crippen LogP contribution in [0.4, 0.5) is 0 Å². The summed E-state index contributed by atoms with van der Waals surface area (Å²) < 4.78 is 0. The van der Waals surface area contributed by atoms with Crippen molar-refractivity contribution in [3.8, 4) is 0 Å². The van der Waals surface area contributed by atoms with E-state index in [1.807, 2.05) is 86.7 Å². The lowest BCUT2D eigenvalue weighted by Crippen LogP contribution is -2.07. The van der Waals surface area contributed by atoms with Crippen LogP contribution in [0, 0.1) is 0 Å². The van der Waals surface area contributed by atoms with Gasteiger partial charge in [-0.05, 0) is 20.6 Å². The Morgan fingerprint density at radius 3 is 1.91 bits per heavy atom. The van der Waals surface area contributed by atoms with Gasteiger partial charge in [-0.3, -0.25) is 4.99 Å². The normalized spacial score (nSPS) is 14.0. The largest absolute Gasteiger partial charge is 0.259 e. The number of rotatable bonds is 4. The first-order valence-electron chi connectivity index (χ1n) is 7.61. The first-order chi connectivity index (χ1) is 11.2. The van der Waals surface area contributed by atoms with Gasteiger partial charge >= 0.3 is 0 Å². The monoisotopic (exact) mass is 303 g/mol. The topological polar surface area (TPSA) is 37.1 Å². The highest BCUT2D eigenvalue weighted by atomic mass is 15.0. The number of hydrogen-bond acceptors (Lipinski definition) is 1. The van der Waals surface area contributed by atoms with Gasteiger partial charge in [-0.2, -0.15) is 0 Å². The summed E-state index contributed by atoms with van der Waals surface area (Å²) in [6, 6.07) is 19.8. The molecule has 3 heteroatoms. The second-order valence-electron chi connectivity index (χ2n) is 5.04. The molecule has 1 atom stereocenters. The molecule has 0 N–H and O–H groups in total. The van der Waals surface area contributed by atoms with E-state index >= 15 is 0 Å². The minimum absolute atomic E-state index is 0.0424. The summed E-state index contributed by atoms with van der Waals surface area (Å²) in [4.78, 5) is 13.4. The minimum Gasteiger partial charge on any atom is -0.259 e. The third-order valence-corrected chi connectivity index (χ3v) is 3.22. The predicted octanol–water partition coefficient (Wildman–Crippen LogP) is 4.55. The Morgan fingerprint density at radius 1 is 0.913 bits per heavy atom. The van der Waals surface area contributed by atoms with Gasteiger partial charge in [0.1, 0.15) is 0 Å². The van der Waals surface area contributed by atoms with Gasteiger partial charge in [0.2, 0.25) is 0 Å². The highest BCUT2D eigenvalue weighted by Crippen LogP contribution is 2.09. The van der Waals surface area contributed by atoms with Gasteiger partial charge in [-0.15, -0.1) is 0 Å². The van der Waals surface area contributed by atoms with Crippen LogP contribution in [0.15, 0.2) is 87.8 Å². The van der Waals surface area contributed by atoms with Gasteiger partial charge in [0.25, 0.3) is 0 Å². The molecule has 23 heavy (non-hydrogen) atoms. The Bertz CT molecular complexity index is 713. The quantitative estimate of drug-likeness (QED) is 0.451. The molecule has 116 valence electrons. The van der Waals surface area contributed by atoms with Crippen LogP contribution in [0.1, 0.15) is 25.0 Å². The average Bonchev–Trinajstić information content (AvgIpc) is 2.60. The summed E-state index contributed by atoms with van der Waals surface area (Å²) in [5.41, 5.74) is 1.88.